The number of benzene rings is 1. The summed E-state index contributed by atoms with van der Waals surface area (Å²) in [6.45, 7) is 1.77. The highest BCUT2D eigenvalue weighted by Crippen LogP contribution is 2.30. The Bertz CT molecular complexity index is 906. The average molecular weight is 364 g/mol. The Kier molecular flexibility index (Phi) is 4.74. The number of carbonyl (C=O) groups is 1. The normalized spacial score (nSPS) is 12.8. The standard InChI is InChI=1S/C16H15F3N6O/c1-10(11-2-4-12(5-3-11)16(17,18)19)8-15(26)23-21-13-6-7-14-22-20-9-25(14)24-13/h2-7,9-10H,8H2,1H3,(H,21,24)(H,23,26)/t10-/m1/s1. The Balaban J connectivity index is 1.55. The van der Waals surface area contributed by atoms with Gasteiger partial charge in [0, 0.05) is 6.42 Å². The molecule has 10 heteroatoms. The summed E-state index contributed by atoms with van der Waals surface area (Å²) in [5, 5.41) is 11.6. The van der Waals surface area contributed by atoms with Gasteiger partial charge in [-0.05, 0) is 35.7 Å². The summed E-state index contributed by atoms with van der Waals surface area (Å²) in [4.78, 5) is 12.0. The molecule has 2 heterocycles. The van der Waals surface area contributed by atoms with Crippen LogP contribution in [0.4, 0.5) is 19.0 Å². The fourth-order valence-corrected chi connectivity index (χ4v) is 2.38. The number of nitrogens with zero attached hydrogens (tertiary/aromatic N) is 4. The summed E-state index contributed by atoms with van der Waals surface area (Å²) in [6, 6.07) is 8.11. The fourth-order valence-electron chi connectivity index (χ4n) is 2.38. The maximum atomic E-state index is 12.6. The quantitative estimate of drug-likeness (QED) is 0.680. The van der Waals surface area contributed by atoms with E-state index in [9.17, 15) is 18.0 Å². The SMILES string of the molecule is C[C@H](CC(=O)NNc1ccc2nncn2n1)c1ccc(C(F)(F)F)cc1. The van der Waals surface area contributed by atoms with Crippen molar-refractivity contribution in [3.05, 3.63) is 53.9 Å². The first kappa shape index (κ1) is 17.6. The molecule has 0 saturated heterocycles. The lowest BCUT2D eigenvalue weighted by Crippen LogP contribution is -2.30. The molecule has 3 rings (SSSR count). The molecular weight excluding hydrogens is 349 g/mol. The van der Waals surface area contributed by atoms with E-state index in [-0.39, 0.29) is 18.2 Å². The van der Waals surface area contributed by atoms with Gasteiger partial charge in [-0.15, -0.1) is 15.3 Å². The van der Waals surface area contributed by atoms with E-state index < -0.39 is 11.7 Å². The average Bonchev–Trinajstić information content (AvgIpc) is 3.07. The van der Waals surface area contributed by atoms with Crippen LogP contribution in [0.25, 0.3) is 5.65 Å². The molecule has 2 N–H and O–H groups in total. The Morgan fingerprint density at radius 3 is 2.62 bits per heavy atom. The number of hydrazine groups is 1. The maximum absolute atomic E-state index is 12.6. The van der Waals surface area contributed by atoms with Gasteiger partial charge in [0.15, 0.2) is 11.5 Å². The highest BCUT2D eigenvalue weighted by molar-refractivity contribution is 5.78. The van der Waals surface area contributed by atoms with Gasteiger partial charge in [0.05, 0.1) is 5.56 Å². The van der Waals surface area contributed by atoms with E-state index in [0.717, 1.165) is 12.1 Å². The van der Waals surface area contributed by atoms with E-state index >= 15 is 0 Å². The van der Waals surface area contributed by atoms with E-state index in [2.05, 4.69) is 26.1 Å². The fraction of sp³-hybridized carbons (Fsp3) is 0.250. The number of fused-ring (bicyclic) bond motifs is 1. The van der Waals surface area contributed by atoms with Crippen molar-refractivity contribution >= 4 is 17.4 Å². The summed E-state index contributed by atoms with van der Waals surface area (Å²) >= 11 is 0. The van der Waals surface area contributed by atoms with Crippen LogP contribution in [-0.2, 0) is 11.0 Å². The van der Waals surface area contributed by atoms with Crippen LogP contribution < -0.4 is 10.9 Å². The van der Waals surface area contributed by atoms with Gasteiger partial charge >= 0.3 is 6.18 Å². The molecule has 26 heavy (non-hydrogen) atoms. The number of nitrogens with one attached hydrogen (secondary N) is 2. The van der Waals surface area contributed by atoms with Crippen LogP contribution >= 0.6 is 0 Å². The van der Waals surface area contributed by atoms with Crippen LogP contribution in [0.15, 0.2) is 42.7 Å². The molecule has 0 fully saturated rings. The van der Waals surface area contributed by atoms with Crippen molar-refractivity contribution in [2.75, 3.05) is 5.43 Å². The second kappa shape index (κ2) is 6.98. The smallest absolute Gasteiger partial charge is 0.280 e. The Morgan fingerprint density at radius 2 is 1.92 bits per heavy atom. The van der Waals surface area contributed by atoms with Gasteiger partial charge in [-0.1, -0.05) is 19.1 Å². The van der Waals surface area contributed by atoms with Crippen molar-refractivity contribution < 1.29 is 18.0 Å². The lowest BCUT2D eigenvalue weighted by molar-refractivity contribution is -0.137. The third kappa shape index (κ3) is 4.08. The zero-order chi connectivity index (χ0) is 18.7. The van der Waals surface area contributed by atoms with Crippen LogP contribution in [-0.4, -0.2) is 25.7 Å². The molecule has 1 amide bonds. The molecule has 136 valence electrons. The van der Waals surface area contributed by atoms with E-state index in [1.54, 1.807) is 19.1 Å². The lowest BCUT2D eigenvalue weighted by Gasteiger charge is -2.14. The van der Waals surface area contributed by atoms with E-state index in [1.165, 1.54) is 23.0 Å². The minimum atomic E-state index is -4.37. The van der Waals surface area contributed by atoms with Crippen LogP contribution in [0.5, 0.6) is 0 Å². The molecule has 7 nitrogen and oxygen atoms in total. The number of rotatable bonds is 5. The molecule has 0 aliphatic carbocycles. The van der Waals surface area contributed by atoms with Crippen LogP contribution in [0.2, 0.25) is 0 Å². The lowest BCUT2D eigenvalue weighted by atomic mass is 9.96. The van der Waals surface area contributed by atoms with Crippen LogP contribution in [0.1, 0.15) is 30.4 Å². The highest BCUT2D eigenvalue weighted by Gasteiger charge is 2.30. The summed E-state index contributed by atoms with van der Waals surface area (Å²) in [7, 11) is 0. The molecule has 1 atom stereocenters. The molecule has 0 radical (unpaired) electrons. The van der Waals surface area contributed by atoms with E-state index in [4.69, 9.17) is 0 Å². The molecule has 0 spiro atoms. The zero-order valence-corrected chi connectivity index (χ0v) is 13.7. The molecular formula is C16H15F3N6O. The largest absolute Gasteiger partial charge is 0.416 e. The molecule has 0 unspecified atom stereocenters. The maximum Gasteiger partial charge on any atom is 0.416 e. The van der Waals surface area contributed by atoms with Gasteiger partial charge in [-0.25, -0.2) is 0 Å². The van der Waals surface area contributed by atoms with Crippen LogP contribution in [0, 0.1) is 0 Å². The van der Waals surface area contributed by atoms with Crippen molar-refractivity contribution in [1.82, 2.24) is 25.2 Å². The number of amides is 1. The predicted octanol–water partition coefficient (Wildman–Crippen LogP) is 2.78. The van der Waals surface area contributed by atoms with Crippen molar-refractivity contribution in [3.63, 3.8) is 0 Å². The summed E-state index contributed by atoms with van der Waals surface area (Å²) < 4.78 is 39.2. The minimum absolute atomic E-state index is 0.104. The number of alkyl halides is 3. The number of hydrogen-bond acceptors (Lipinski definition) is 5. The predicted molar refractivity (Wildman–Crippen MR) is 87.0 cm³/mol. The molecule has 2 aromatic heterocycles. The zero-order valence-electron chi connectivity index (χ0n) is 13.7. The molecule has 0 aliphatic heterocycles. The molecule has 0 aliphatic rings. The van der Waals surface area contributed by atoms with Gasteiger partial charge in [0.1, 0.15) is 6.33 Å². The first-order valence-electron chi connectivity index (χ1n) is 7.72. The van der Waals surface area contributed by atoms with Crippen molar-refractivity contribution in [1.29, 1.82) is 0 Å². The van der Waals surface area contributed by atoms with Gasteiger partial charge in [-0.2, -0.15) is 17.7 Å². The Morgan fingerprint density at radius 1 is 1.19 bits per heavy atom. The van der Waals surface area contributed by atoms with Gasteiger partial charge in [0.2, 0.25) is 5.91 Å². The second-order valence-electron chi connectivity index (χ2n) is 5.75. The number of halogens is 3. The second-order valence-corrected chi connectivity index (χ2v) is 5.75. The Hall–Kier alpha value is -3.17. The topological polar surface area (TPSA) is 84.2 Å². The monoisotopic (exact) mass is 364 g/mol. The molecule has 0 bridgehead atoms. The van der Waals surface area contributed by atoms with Gasteiger partial charge in [0.25, 0.3) is 0 Å². The number of hydrogen-bond donors (Lipinski definition) is 2. The third-order valence-corrected chi connectivity index (χ3v) is 3.79. The third-order valence-electron chi connectivity index (χ3n) is 3.79. The highest BCUT2D eigenvalue weighted by atomic mass is 19.4. The van der Waals surface area contributed by atoms with Gasteiger partial charge in [-0.3, -0.25) is 15.6 Å². The van der Waals surface area contributed by atoms with Crippen molar-refractivity contribution in [2.24, 2.45) is 0 Å². The minimum Gasteiger partial charge on any atom is -0.280 e. The number of anilines is 1. The molecule has 3 aromatic rings. The first-order valence-corrected chi connectivity index (χ1v) is 7.72. The summed E-state index contributed by atoms with van der Waals surface area (Å²) in [5.74, 6) is -0.164. The van der Waals surface area contributed by atoms with Crippen LogP contribution in [0.3, 0.4) is 0 Å². The van der Waals surface area contributed by atoms with E-state index in [0.29, 0.717) is 17.0 Å². The van der Waals surface area contributed by atoms with Gasteiger partial charge < -0.3 is 0 Å². The summed E-state index contributed by atoms with van der Waals surface area (Å²) in [6.07, 6.45) is -2.84. The Labute approximate surface area is 146 Å². The molecule has 1 aromatic carbocycles. The molecule has 0 saturated carbocycles. The number of carbonyl (C=O) groups excluding carboxylic acids is 1. The van der Waals surface area contributed by atoms with E-state index in [1.807, 2.05) is 0 Å². The number of aromatic nitrogens is 4. The summed E-state index contributed by atoms with van der Waals surface area (Å²) in [5.41, 5.74) is 5.69. The van der Waals surface area contributed by atoms with Crippen molar-refractivity contribution in [2.45, 2.75) is 25.4 Å². The van der Waals surface area contributed by atoms with Crippen molar-refractivity contribution in [3.8, 4) is 0 Å². The first-order chi connectivity index (χ1) is 12.3.